The highest BCUT2D eigenvalue weighted by atomic mass is 13.9. The fourth-order valence-corrected chi connectivity index (χ4v) is 1.66. The molecule has 0 aromatic rings. The van der Waals surface area contributed by atoms with Crippen molar-refractivity contribution in [3.8, 4) is 0 Å². The second kappa shape index (κ2) is 24.5. The van der Waals surface area contributed by atoms with Crippen LogP contribution in [0.2, 0.25) is 0 Å². The molecule has 0 atom stereocenters. The topological polar surface area (TPSA) is 0 Å². The van der Waals surface area contributed by atoms with Crippen LogP contribution in [0.4, 0.5) is 0 Å². The molecule has 0 aliphatic heterocycles. The van der Waals surface area contributed by atoms with Crippen LogP contribution in [0.5, 0.6) is 0 Å². The monoisotopic (exact) mass is 300 g/mol. The molecule has 0 radical (unpaired) electrons. The molecule has 0 aliphatic rings. The quantitative estimate of drug-likeness (QED) is 0.255. The fraction of sp³-hybridized carbons (Fsp3) is 0.455. The molecule has 0 bridgehead atoms. The largest absolute Gasteiger partial charge is 0.0991 e. The van der Waals surface area contributed by atoms with Crippen LogP contribution in [0.25, 0.3) is 0 Å². The van der Waals surface area contributed by atoms with Crippen molar-refractivity contribution < 1.29 is 0 Å². The molecular weight excluding hydrogens is 264 g/mol. The molecule has 0 aromatic carbocycles. The zero-order valence-electron chi connectivity index (χ0n) is 14.8. The first-order valence-electron chi connectivity index (χ1n) is 8.71. The molecule has 0 aliphatic carbocycles. The number of hydrogen-bond acceptors (Lipinski definition) is 0. The molecule has 0 aromatic heterocycles. The van der Waals surface area contributed by atoms with Gasteiger partial charge in [0.25, 0.3) is 0 Å². The van der Waals surface area contributed by atoms with Gasteiger partial charge < -0.3 is 0 Å². The van der Waals surface area contributed by atoms with Crippen molar-refractivity contribution in [1.82, 2.24) is 0 Å². The summed E-state index contributed by atoms with van der Waals surface area (Å²) in [6.07, 6.45) is 30.4. The van der Waals surface area contributed by atoms with E-state index in [4.69, 9.17) is 0 Å². The molecule has 0 amide bonds. The second-order valence-corrected chi connectivity index (χ2v) is 5.09. The van der Waals surface area contributed by atoms with E-state index in [-0.39, 0.29) is 0 Å². The molecule has 0 fully saturated rings. The first-order chi connectivity index (χ1) is 10.8. The molecule has 0 nitrogen and oxygen atoms in total. The third-order valence-electron chi connectivity index (χ3n) is 2.94. The van der Waals surface area contributed by atoms with Crippen molar-refractivity contribution in [2.24, 2.45) is 0 Å². The minimum absolute atomic E-state index is 1.20. The van der Waals surface area contributed by atoms with Crippen molar-refractivity contribution in [2.75, 3.05) is 0 Å². The van der Waals surface area contributed by atoms with Crippen LogP contribution in [0, 0.1) is 0 Å². The molecule has 22 heavy (non-hydrogen) atoms. The Bertz CT molecular complexity index is 292. The van der Waals surface area contributed by atoms with Crippen LogP contribution < -0.4 is 0 Å². The smallest absolute Gasteiger partial charge is 0.0348 e. The van der Waals surface area contributed by atoms with E-state index in [9.17, 15) is 0 Å². The Balaban J connectivity index is 0. The molecule has 0 heteroatoms. The summed E-state index contributed by atoms with van der Waals surface area (Å²) in [6, 6.07) is 0. The average molecular weight is 301 g/mol. The number of rotatable bonds is 12. The van der Waals surface area contributed by atoms with Crippen LogP contribution >= 0.6 is 0 Å². The summed E-state index contributed by atoms with van der Waals surface area (Å²) in [7, 11) is 0. The summed E-state index contributed by atoms with van der Waals surface area (Å²) in [5.41, 5.74) is 0. The summed E-state index contributed by atoms with van der Waals surface area (Å²) < 4.78 is 0. The predicted molar refractivity (Wildman–Crippen MR) is 105 cm³/mol. The van der Waals surface area contributed by atoms with E-state index in [0.717, 1.165) is 0 Å². The highest BCUT2D eigenvalue weighted by Crippen LogP contribution is 1.99. The van der Waals surface area contributed by atoms with Crippen molar-refractivity contribution in [3.63, 3.8) is 0 Å². The van der Waals surface area contributed by atoms with Crippen molar-refractivity contribution >= 4 is 0 Å². The minimum atomic E-state index is 1.20. The Kier molecular flexibility index (Phi) is 25.3. The number of allylic oxidation sites excluding steroid dienone is 10. The van der Waals surface area contributed by atoms with Gasteiger partial charge in [0.15, 0.2) is 0 Å². The maximum absolute atomic E-state index is 3.59. The summed E-state index contributed by atoms with van der Waals surface area (Å²) in [6.45, 7) is 11.6. The van der Waals surface area contributed by atoms with Gasteiger partial charge >= 0.3 is 0 Å². The van der Waals surface area contributed by atoms with Crippen molar-refractivity contribution in [1.29, 1.82) is 0 Å². The molecule has 124 valence electrons. The molecule has 0 saturated heterocycles. The SMILES string of the molecule is C=CC=CC=CCCCCC.C=CC=CC=CCCCCC. The van der Waals surface area contributed by atoms with E-state index in [1.807, 2.05) is 24.3 Å². The van der Waals surface area contributed by atoms with Crippen LogP contribution in [0.3, 0.4) is 0 Å². The van der Waals surface area contributed by atoms with Crippen LogP contribution in [-0.4, -0.2) is 0 Å². The maximum Gasteiger partial charge on any atom is -0.0348 e. The van der Waals surface area contributed by atoms with Crippen molar-refractivity contribution in [3.05, 3.63) is 73.9 Å². The van der Waals surface area contributed by atoms with E-state index in [0.29, 0.717) is 0 Å². The minimum Gasteiger partial charge on any atom is -0.0991 e. The molecule has 0 spiro atoms. The lowest BCUT2D eigenvalue weighted by Gasteiger charge is -1.89. The Hall–Kier alpha value is -1.56. The molecule has 0 saturated carbocycles. The molecule has 0 heterocycles. The predicted octanol–water partition coefficient (Wildman–Crippen LogP) is 7.73. The first-order valence-corrected chi connectivity index (χ1v) is 8.71. The lowest BCUT2D eigenvalue weighted by Crippen LogP contribution is -1.69. The van der Waals surface area contributed by atoms with E-state index in [2.05, 4.69) is 51.3 Å². The van der Waals surface area contributed by atoms with Gasteiger partial charge in [-0.2, -0.15) is 0 Å². The Morgan fingerprint density at radius 2 is 0.955 bits per heavy atom. The zero-order valence-corrected chi connectivity index (χ0v) is 14.8. The molecular formula is C22H36. The lowest BCUT2D eigenvalue weighted by atomic mass is 10.2. The average Bonchev–Trinajstić information content (AvgIpc) is 2.54. The molecule has 0 N–H and O–H groups in total. The van der Waals surface area contributed by atoms with Crippen LogP contribution in [0.1, 0.15) is 65.2 Å². The summed E-state index contributed by atoms with van der Waals surface area (Å²) in [5.74, 6) is 0. The first kappa shape index (κ1) is 22.7. The normalized spacial score (nSPS) is 11.4. The van der Waals surface area contributed by atoms with Crippen LogP contribution in [0.15, 0.2) is 73.9 Å². The Morgan fingerprint density at radius 1 is 0.545 bits per heavy atom. The fourth-order valence-electron chi connectivity index (χ4n) is 1.66. The standard InChI is InChI=1S/2C11H18/c2*1-3-5-7-9-11-10-8-6-4-2/h2*3,5,7,9,11H,1,4,6,8,10H2,2H3. The van der Waals surface area contributed by atoms with Gasteiger partial charge in [0.2, 0.25) is 0 Å². The summed E-state index contributed by atoms with van der Waals surface area (Å²) in [4.78, 5) is 0. The Morgan fingerprint density at radius 3 is 1.27 bits per heavy atom. The number of hydrogen-bond donors (Lipinski definition) is 0. The van der Waals surface area contributed by atoms with Gasteiger partial charge in [-0.15, -0.1) is 0 Å². The third-order valence-corrected chi connectivity index (χ3v) is 2.94. The van der Waals surface area contributed by atoms with Gasteiger partial charge in [0, 0.05) is 0 Å². The Labute approximate surface area is 139 Å². The van der Waals surface area contributed by atoms with Gasteiger partial charge in [-0.25, -0.2) is 0 Å². The highest BCUT2D eigenvalue weighted by Gasteiger charge is 1.80. The van der Waals surface area contributed by atoms with Gasteiger partial charge in [0.1, 0.15) is 0 Å². The second-order valence-electron chi connectivity index (χ2n) is 5.09. The highest BCUT2D eigenvalue weighted by molar-refractivity contribution is 5.09. The van der Waals surface area contributed by atoms with E-state index in [1.165, 1.54) is 51.4 Å². The maximum atomic E-state index is 3.59. The molecule has 0 unspecified atom stereocenters. The zero-order chi connectivity index (χ0) is 16.7. The van der Waals surface area contributed by atoms with Crippen LogP contribution in [-0.2, 0) is 0 Å². The summed E-state index contributed by atoms with van der Waals surface area (Å²) in [5, 5.41) is 0. The van der Waals surface area contributed by atoms with E-state index in [1.54, 1.807) is 12.2 Å². The van der Waals surface area contributed by atoms with Gasteiger partial charge in [0.05, 0.1) is 0 Å². The van der Waals surface area contributed by atoms with E-state index >= 15 is 0 Å². The van der Waals surface area contributed by atoms with Gasteiger partial charge in [-0.3, -0.25) is 0 Å². The van der Waals surface area contributed by atoms with E-state index < -0.39 is 0 Å². The van der Waals surface area contributed by atoms with Gasteiger partial charge in [-0.05, 0) is 25.7 Å². The lowest BCUT2D eigenvalue weighted by molar-refractivity contribution is 0.729. The molecule has 0 rings (SSSR count). The van der Waals surface area contributed by atoms with Gasteiger partial charge in [-0.1, -0.05) is 113 Å². The third kappa shape index (κ3) is 26.9. The summed E-state index contributed by atoms with van der Waals surface area (Å²) >= 11 is 0. The van der Waals surface area contributed by atoms with Crippen molar-refractivity contribution in [2.45, 2.75) is 65.2 Å². The number of unbranched alkanes of at least 4 members (excludes halogenated alkanes) is 6.